The lowest BCUT2D eigenvalue weighted by Gasteiger charge is -2.11. The average molecular weight is 216 g/mol. The molecule has 0 radical (unpaired) electrons. The second-order valence-electron chi connectivity index (χ2n) is 4.38. The van der Waals surface area contributed by atoms with E-state index in [2.05, 4.69) is 49.1 Å². The van der Waals surface area contributed by atoms with Crippen LogP contribution >= 0.6 is 0 Å². The summed E-state index contributed by atoms with van der Waals surface area (Å²) in [4.78, 5) is 0. The third kappa shape index (κ3) is 6.44. The van der Waals surface area contributed by atoms with Crippen LogP contribution in [-0.4, -0.2) is 0 Å². The van der Waals surface area contributed by atoms with Crippen molar-refractivity contribution in [2.75, 3.05) is 0 Å². The van der Waals surface area contributed by atoms with Gasteiger partial charge in [-0.3, -0.25) is 0 Å². The summed E-state index contributed by atoms with van der Waals surface area (Å²) in [6.07, 6.45) is 24.3. The Kier molecular flexibility index (Phi) is 7.49. The van der Waals surface area contributed by atoms with Crippen LogP contribution in [0.5, 0.6) is 0 Å². The minimum atomic E-state index is 0.764. The quantitative estimate of drug-likeness (QED) is 0.528. The lowest BCUT2D eigenvalue weighted by Crippen LogP contribution is -1.96. The second-order valence-corrected chi connectivity index (χ2v) is 4.38. The largest absolute Gasteiger partial charge is 0.103 e. The van der Waals surface area contributed by atoms with Crippen LogP contribution < -0.4 is 0 Å². The molecule has 0 fully saturated rings. The zero-order chi connectivity index (χ0) is 11.5. The molecule has 0 bridgehead atoms. The Morgan fingerprint density at radius 2 is 1.25 bits per heavy atom. The first-order valence-corrected chi connectivity index (χ1v) is 6.51. The van der Waals surface area contributed by atoms with Gasteiger partial charge in [-0.1, -0.05) is 42.5 Å². The predicted octanol–water partition coefficient (Wildman–Crippen LogP) is 5.20. The number of hydrogen-bond donors (Lipinski definition) is 0. The topological polar surface area (TPSA) is 0 Å². The van der Waals surface area contributed by atoms with E-state index in [0.29, 0.717) is 0 Å². The molecule has 0 saturated carbocycles. The summed E-state index contributed by atoms with van der Waals surface area (Å²) in [5.74, 6) is 0.764. The lowest BCUT2D eigenvalue weighted by atomic mass is 9.95. The lowest BCUT2D eigenvalue weighted by molar-refractivity contribution is 0.585. The van der Waals surface area contributed by atoms with E-state index in [1.807, 2.05) is 0 Å². The van der Waals surface area contributed by atoms with E-state index in [4.69, 9.17) is 0 Å². The van der Waals surface area contributed by atoms with Crippen LogP contribution in [0.3, 0.4) is 0 Å². The van der Waals surface area contributed by atoms with Crippen LogP contribution in [0, 0.1) is 5.92 Å². The summed E-state index contributed by atoms with van der Waals surface area (Å²) >= 11 is 0. The molecule has 0 saturated heterocycles. The van der Waals surface area contributed by atoms with E-state index in [9.17, 15) is 0 Å². The summed E-state index contributed by atoms with van der Waals surface area (Å²) in [7, 11) is 0. The van der Waals surface area contributed by atoms with Crippen LogP contribution in [0.4, 0.5) is 0 Å². The molecule has 0 aromatic rings. The Balaban J connectivity index is 0.000000160. The zero-order valence-electron chi connectivity index (χ0n) is 10.3. The van der Waals surface area contributed by atoms with E-state index >= 15 is 0 Å². The average Bonchev–Trinajstić information content (AvgIpc) is 2.30. The highest BCUT2D eigenvalue weighted by molar-refractivity contribution is 4.95. The van der Waals surface area contributed by atoms with Crippen molar-refractivity contribution < 1.29 is 0 Å². The summed E-state index contributed by atoms with van der Waals surface area (Å²) in [5.41, 5.74) is 0. The van der Waals surface area contributed by atoms with Crippen molar-refractivity contribution in [3.8, 4) is 0 Å². The van der Waals surface area contributed by atoms with Gasteiger partial charge in [0.2, 0.25) is 0 Å². The Hall–Kier alpha value is -1.04. The molecule has 1 unspecified atom stereocenters. The van der Waals surface area contributed by atoms with Crippen LogP contribution in [0.2, 0.25) is 0 Å². The van der Waals surface area contributed by atoms with Gasteiger partial charge in [-0.25, -0.2) is 0 Å². The van der Waals surface area contributed by atoms with E-state index in [0.717, 1.165) is 5.92 Å². The fourth-order valence-electron chi connectivity index (χ4n) is 1.89. The minimum Gasteiger partial charge on any atom is -0.103 e. The van der Waals surface area contributed by atoms with Crippen molar-refractivity contribution >= 4 is 0 Å². The Bertz CT molecular complexity index is 229. The molecule has 2 aliphatic rings. The fraction of sp³-hybridized carbons (Fsp3) is 0.500. The van der Waals surface area contributed by atoms with Gasteiger partial charge < -0.3 is 0 Å². The van der Waals surface area contributed by atoms with Crippen molar-refractivity contribution in [2.45, 2.75) is 44.9 Å². The molecule has 0 aliphatic heterocycles. The zero-order valence-corrected chi connectivity index (χ0v) is 10.3. The Morgan fingerprint density at radius 1 is 0.750 bits per heavy atom. The molecule has 0 spiro atoms. The monoisotopic (exact) mass is 216 g/mol. The molecule has 16 heavy (non-hydrogen) atoms. The third-order valence-corrected chi connectivity index (χ3v) is 2.98. The van der Waals surface area contributed by atoms with Crippen LogP contribution in [0.1, 0.15) is 44.9 Å². The van der Waals surface area contributed by atoms with Crippen molar-refractivity contribution in [1.82, 2.24) is 0 Å². The first-order valence-electron chi connectivity index (χ1n) is 6.51. The van der Waals surface area contributed by atoms with Crippen LogP contribution in [0.15, 0.2) is 49.1 Å². The van der Waals surface area contributed by atoms with Gasteiger partial charge in [0.1, 0.15) is 0 Å². The van der Waals surface area contributed by atoms with Gasteiger partial charge in [0.25, 0.3) is 0 Å². The summed E-state index contributed by atoms with van der Waals surface area (Å²) in [5, 5.41) is 0. The fourth-order valence-corrected chi connectivity index (χ4v) is 1.89. The second kappa shape index (κ2) is 9.21. The van der Waals surface area contributed by atoms with Crippen molar-refractivity contribution in [1.29, 1.82) is 0 Å². The number of allylic oxidation sites excluding steroid dienone is 7. The van der Waals surface area contributed by atoms with E-state index in [-0.39, 0.29) is 0 Å². The molecule has 88 valence electrons. The van der Waals surface area contributed by atoms with Gasteiger partial charge in [-0.15, -0.1) is 6.58 Å². The summed E-state index contributed by atoms with van der Waals surface area (Å²) < 4.78 is 0. The predicted molar refractivity (Wildman–Crippen MR) is 73.4 cm³/mol. The van der Waals surface area contributed by atoms with Gasteiger partial charge in [-0.2, -0.15) is 0 Å². The molecular formula is C16H24. The first kappa shape index (κ1) is 13.0. The van der Waals surface area contributed by atoms with Gasteiger partial charge in [0.05, 0.1) is 0 Å². The first-order chi connectivity index (χ1) is 7.93. The van der Waals surface area contributed by atoms with Gasteiger partial charge in [-0.05, 0) is 50.9 Å². The highest BCUT2D eigenvalue weighted by Gasteiger charge is 2.02. The standard InChI is InChI=1S/2C8H12/c1-2-8-6-4-3-5-7-8;1-2-4-6-8-7-5-3-1/h2-4,8H,1,5-7H2;1-2,7-8H,3-6H2/b;2-1-,8-7?. The maximum absolute atomic E-state index is 3.75. The highest BCUT2D eigenvalue weighted by Crippen LogP contribution is 2.17. The van der Waals surface area contributed by atoms with Crippen LogP contribution in [0.25, 0.3) is 0 Å². The molecule has 0 amide bonds. The van der Waals surface area contributed by atoms with Gasteiger partial charge in [0, 0.05) is 0 Å². The molecule has 0 heterocycles. The van der Waals surface area contributed by atoms with E-state index in [1.54, 1.807) is 0 Å². The van der Waals surface area contributed by atoms with Crippen LogP contribution in [-0.2, 0) is 0 Å². The Morgan fingerprint density at radius 3 is 1.56 bits per heavy atom. The highest BCUT2D eigenvalue weighted by atomic mass is 14.1. The molecule has 2 rings (SSSR count). The molecule has 0 aromatic heterocycles. The van der Waals surface area contributed by atoms with E-state index < -0.39 is 0 Å². The molecular weight excluding hydrogens is 192 g/mol. The van der Waals surface area contributed by atoms with Gasteiger partial charge in [0.15, 0.2) is 0 Å². The maximum atomic E-state index is 3.75. The normalized spacial score (nSPS) is 25.9. The third-order valence-electron chi connectivity index (χ3n) is 2.98. The number of rotatable bonds is 1. The molecule has 0 N–H and O–H groups in total. The summed E-state index contributed by atoms with van der Waals surface area (Å²) in [6, 6.07) is 0. The molecule has 0 aromatic carbocycles. The van der Waals surface area contributed by atoms with Crippen molar-refractivity contribution in [3.05, 3.63) is 49.1 Å². The molecule has 0 heteroatoms. The number of hydrogen-bond acceptors (Lipinski definition) is 0. The van der Waals surface area contributed by atoms with Crippen molar-refractivity contribution in [3.63, 3.8) is 0 Å². The Labute approximate surface area is 100 Å². The molecule has 1 atom stereocenters. The van der Waals surface area contributed by atoms with Gasteiger partial charge >= 0.3 is 0 Å². The summed E-state index contributed by atoms with van der Waals surface area (Å²) in [6.45, 7) is 3.75. The smallest absolute Gasteiger partial charge is 0.0199 e. The minimum absolute atomic E-state index is 0.764. The molecule has 0 nitrogen and oxygen atoms in total. The SMILES string of the molecule is C1=CCC/C=C\CC1.C=CC1CC=CCC1. The maximum Gasteiger partial charge on any atom is -0.0199 e. The molecule has 2 aliphatic carbocycles. The van der Waals surface area contributed by atoms with Crippen molar-refractivity contribution in [2.24, 2.45) is 5.92 Å². The van der Waals surface area contributed by atoms with E-state index in [1.165, 1.54) is 44.9 Å².